The van der Waals surface area contributed by atoms with Crippen molar-refractivity contribution >= 4 is 22.7 Å². The SMILES string of the molecule is CCc1c(CC)c(C(=O)O)c2ccccc2c1C(=O)O. The van der Waals surface area contributed by atoms with Crippen LogP contribution in [0.25, 0.3) is 10.8 Å². The predicted molar refractivity (Wildman–Crippen MR) is 76.6 cm³/mol. The Kier molecular flexibility index (Phi) is 3.74. The average molecular weight is 272 g/mol. The van der Waals surface area contributed by atoms with Gasteiger partial charge >= 0.3 is 11.9 Å². The Morgan fingerprint density at radius 2 is 1.20 bits per heavy atom. The lowest BCUT2D eigenvalue weighted by Crippen LogP contribution is -2.12. The summed E-state index contributed by atoms with van der Waals surface area (Å²) in [7, 11) is 0. The van der Waals surface area contributed by atoms with Gasteiger partial charge in [-0.05, 0) is 34.7 Å². The van der Waals surface area contributed by atoms with E-state index in [0.29, 0.717) is 34.7 Å². The number of benzene rings is 2. The fraction of sp³-hybridized carbons (Fsp3) is 0.250. The topological polar surface area (TPSA) is 74.6 Å². The third-order valence-corrected chi connectivity index (χ3v) is 3.57. The summed E-state index contributed by atoms with van der Waals surface area (Å²) in [5.74, 6) is -2.02. The molecule has 0 aliphatic carbocycles. The Morgan fingerprint density at radius 3 is 1.45 bits per heavy atom. The average Bonchev–Trinajstić information content (AvgIpc) is 2.43. The van der Waals surface area contributed by atoms with Crippen molar-refractivity contribution in [2.24, 2.45) is 0 Å². The minimum atomic E-state index is -1.01. The van der Waals surface area contributed by atoms with Crippen LogP contribution in [0.2, 0.25) is 0 Å². The molecule has 104 valence electrons. The minimum Gasteiger partial charge on any atom is -0.478 e. The molecule has 0 radical (unpaired) electrons. The highest BCUT2D eigenvalue weighted by atomic mass is 16.4. The van der Waals surface area contributed by atoms with E-state index in [1.807, 2.05) is 13.8 Å². The number of carboxylic acid groups (broad SMARTS) is 2. The van der Waals surface area contributed by atoms with Crippen LogP contribution in [0.15, 0.2) is 24.3 Å². The van der Waals surface area contributed by atoms with Crippen LogP contribution in [0.4, 0.5) is 0 Å². The standard InChI is InChI=1S/C16H16O4/c1-3-9-10(4-2)14(16(19)20)12-8-6-5-7-11(12)13(9)15(17)18/h5-8H,3-4H2,1-2H3,(H,17,18)(H,19,20). The number of carbonyl (C=O) groups is 2. The van der Waals surface area contributed by atoms with Gasteiger partial charge in [-0.2, -0.15) is 0 Å². The van der Waals surface area contributed by atoms with Gasteiger partial charge in [0.1, 0.15) is 0 Å². The van der Waals surface area contributed by atoms with E-state index in [9.17, 15) is 19.8 Å². The van der Waals surface area contributed by atoms with Crippen LogP contribution in [0.5, 0.6) is 0 Å². The zero-order valence-electron chi connectivity index (χ0n) is 11.4. The number of fused-ring (bicyclic) bond motifs is 1. The van der Waals surface area contributed by atoms with E-state index in [4.69, 9.17) is 0 Å². The van der Waals surface area contributed by atoms with Gasteiger partial charge in [0, 0.05) is 0 Å². The van der Waals surface area contributed by atoms with Crippen molar-refractivity contribution in [3.05, 3.63) is 46.5 Å². The molecule has 0 saturated heterocycles. The maximum Gasteiger partial charge on any atom is 0.336 e. The summed E-state index contributed by atoms with van der Waals surface area (Å²) in [6, 6.07) is 6.80. The zero-order valence-corrected chi connectivity index (χ0v) is 11.4. The summed E-state index contributed by atoms with van der Waals surface area (Å²) in [5.41, 5.74) is 1.70. The molecular weight excluding hydrogens is 256 g/mol. The Balaban J connectivity index is 3.09. The van der Waals surface area contributed by atoms with Gasteiger partial charge in [0.15, 0.2) is 0 Å². The Labute approximate surface area is 116 Å². The van der Waals surface area contributed by atoms with Gasteiger partial charge in [0.05, 0.1) is 11.1 Å². The summed E-state index contributed by atoms with van der Waals surface area (Å²) < 4.78 is 0. The molecule has 0 aromatic heterocycles. The normalized spacial score (nSPS) is 10.7. The van der Waals surface area contributed by atoms with Crippen LogP contribution < -0.4 is 0 Å². The number of hydrogen-bond acceptors (Lipinski definition) is 2. The van der Waals surface area contributed by atoms with E-state index in [2.05, 4.69) is 0 Å². The van der Waals surface area contributed by atoms with Gasteiger partial charge < -0.3 is 10.2 Å². The first kappa shape index (κ1) is 14.1. The van der Waals surface area contributed by atoms with Crippen LogP contribution in [-0.4, -0.2) is 22.2 Å². The molecule has 2 aromatic carbocycles. The minimum absolute atomic E-state index is 0.227. The maximum absolute atomic E-state index is 11.6. The van der Waals surface area contributed by atoms with Crippen LogP contribution >= 0.6 is 0 Å². The summed E-state index contributed by atoms with van der Waals surface area (Å²) in [6.45, 7) is 3.70. The predicted octanol–water partition coefficient (Wildman–Crippen LogP) is 3.36. The lowest BCUT2D eigenvalue weighted by molar-refractivity contribution is 0.0682. The molecule has 0 saturated carbocycles. The van der Waals surface area contributed by atoms with E-state index in [1.165, 1.54) is 0 Å². The lowest BCUT2D eigenvalue weighted by atomic mass is 9.86. The summed E-state index contributed by atoms with van der Waals surface area (Å²) >= 11 is 0. The molecule has 4 heteroatoms. The lowest BCUT2D eigenvalue weighted by Gasteiger charge is -2.17. The van der Waals surface area contributed by atoms with Crippen molar-refractivity contribution in [3.63, 3.8) is 0 Å². The quantitative estimate of drug-likeness (QED) is 0.894. The highest BCUT2D eigenvalue weighted by molar-refractivity contribution is 6.13. The number of rotatable bonds is 4. The van der Waals surface area contributed by atoms with Crippen molar-refractivity contribution in [1.82, 2.24) is 0 Å². The van der Waals surface area contributed by atoms with Crippen molar-refractivity contribution in [3.8, 4) is 0 Å². The zero-order chi connectivity index (χ0) is 14.9. The molecule has 0 heterocycles. The highest BCUT2D eigenvalue weighted by Crippen LogP contribution is 2.31. The van der Waals surface area contributed by atoms with Crippen LogP contribution in [0, 0.1) is 0 Å². The second-order valence-corrected chi connectivity index (χ2v) is 4.57. The second-order valence-electron chi connectivity index (χ2n) is 4.57. The van der Waals surface area contributed by atoms with Gasteiger partial charge in [0.2, 0.25) is 0 Å². The molecule has 0 amide bonds. The van der Waals surface area contributed by atoms with E-state index < -0.39 is 11.9 Å². The highest BCUT2D eigenvalue weighted by Gasteiger charge is 2.24. The molecule has 0 bridgehead atoms. The molecule has 0 aliphatic rings. The monoisotopic (exact) mass is 272 g/mol. The molecule has 2 N–H and O–H groups in total. The molecule has 0 atom stereocenters. The molecule has 0 unspecified atom stereocenters. The van der Waals surface area contributed by atoms with Gasteiger partial charge in [-0.3, -0.25) is 0 Å². The van der Waals surface area contributed by atoms with E-state index in [0.717, 1.165) is 0 Å². The molecule has 20 heavy (non-hydrogen) atoms. The smallest absolute Gasteiger partial charge is 0.336 e. The van der Waals surface area contributed by atoms with Crippen LogP contribution in [0.1, 0.15) is 45.7 Å². The Morgan fingerprint density at radius 1 is 0.850 bits per heavy atom. The van der Waals surface area contributed by atoms with Crippen molar-refractivity contribution in [1.29, 1.82) is 0 Å². The molecule has 2 aromatic rings. The largest absolute Gasteiger partial charge is 0.478 e. The van der Waals surface area contributed by atoms with Crippen molar-refractivity contribution < 1.29 is 19.8 Å². The first-order valence-corrected chi connectivity index (χ1v) is 6.55. The van der Waals surface area contributed by atoms with E-state index >= 15 is 0 Å². The second kappa shape index (κ2) is 5.33. The van der Waals surface area contributed by atoms with Gasteiger partial charge in [-0.25, -0.2) is 9.59 Å². The molecule has 0 spiro atoms. The fourth-order valence-corrected chi connectivity index (χ4v) is 2.81. The maximum atomic E-state index is 11.6. The van der Waals surface area contributed by atoms with Gasteiger partial charge in [-0.15, -0.1) is 0 Å². The molecule has 2 rings (SSSR count). The first-order valence-electron chi connectivity index (χ1n) is 6.55. The van der Waals surface area contributed by atoms with E-state index in [1.54, 1.807) is 24.3 Å². The molecule has 0 aliphatic heterocycles. The van der Waals surface area contributed by atoms with Gasteiger partial charge in [0.25, 0.3) is 0 Å². The van der Waals surface area contributed by atoms with Crippen molar-refractivity contribution in [2.45, 2.75) is 26.7 Å². The van der Waals surface area contributed by atoms with Crippen molar-refractivity contribution in [2.75, 3.05) is 0 Å². The third kappa shape index (κ3) is 2.03. The first-order chi connectivity index (χ1) is 9.52. The summed E-state index contributed by atoms with van der Waals surface area (Å²) in [4.78, 5) is 23.2. The molecule has 0 fully saturated rings. The van der Waals surface area contributed by atoms with Crippen LogP contribution in [-0.2, 0) is 12.8 Å². The molecular formula is C16H16O4. The number of aromatic carboxylic acids is 2. The Bertz CT molecular complexity index is 641. The van der Waals surface area contributed by atoms with Crippen LogP contribution in [0.3, 0.4) is 0 Å². The summed E-state index contributed by atoms with van der Waals surface area (Å²) in [5, 5.41) is 20.0. The fourth-order valence-electron chi connectivity index (χ4n) is 2.81. The van der Waals surface area contributed by atoms with Gasteiger partial charge in [-0.1, -0.05) is 38.1 Å². The van der Waals surface area contributed by atoms with E-state index in [-0.39, 0.29) is 11.1 Å². The Hall–Kier alpha value is -2.36. The molecule has 4 nitrogen and oxygen atoms in total. The number of hydrogen-bond donors (Lipinski definition) is 2. The summed E-state index contributed by atoms with van der Waals surface area (Å²) in [6.07, 6.45) is 0.992. The number of carboxylic acids is 2. The third-order valence-electron chi connectivity index (χ3n) is 3.57.